The average molecular weight is 450 g/mol. The van der Waals surface area contributed by atoms with E-state index in [9.17, 15) is 26.9 Å². The number of fused-ring (bicyclic) bond motifs is 2. The van der Waals surface area contributed by atoms with Gasteiger partial charge in [0.25, 0.3) is 5.69 Å². The van der Waals surface area contributed by atoms with Crippen molar-refractivity contribution >= 4 is 43.5 Å². The molecule has 0 radical (unpaired) electrons. The highest BCUT2D eigenvalue weighted by Gasteiger charge is 2.25. The van der Waals surface area contributed by atoms with Crippen molar-refractivity contribution in [2.75, 3.05) is 18.2 Å². The van der Waals surface area contributed by atoms with Crippen LogP contribution in [0.2, 0.25) is 0 Å². The molecule has 12 heteroatoms. The number of anilines is 1. The number of hydrogen-bond acceptors (Lipinski definition) is 9. The summed E-state index contributed by atoms with van der Waals surface area (Å²) in [6, 6.07) is 5.84. The van der Waals surface area contributed by atoms with Crippen molar-refractivity contribution in [2.24, 2.45) is 9.98 Å². The van der Waals surface area contributed by atoms with Gasteiger partial charge in [0.15, 0.2) is 19.7 Å². The van der Waals surface area contributed by atoms with E-state index in [2.05, 4.69) is 9.98 Å². The van der Waals surface area contributed by atoms with Crippen molar-refractivity contribution < 1.29 is 21.8 Å². The van der Waals surface area contributed by atoms with Gasteiger partial charge in [-0.05, 0) is 34.9 Å². The summed E-state index contributed by atoms with van der Waals surface area (Å²) in [6.45, 7) is 0.911. The lowest BCUT2D eigenvalue weighted by Gasteiger charge is -2.05. The molecule has 2 N–H and O–H groups in total. The Morgan fingerprint density at radius 1 is 0.867 bits per heavy atom. The van der Waals surface area contributed by atoms with E-state index < -0.39 is 30.3 Å². The Labute approximate surface area is 173 Å². The highest BCUT2D eigenvalue weighted by Crippen LogP contribution is 2.29. The minimum absolute atomic E-state index is 0.196. The fraction of sp³-hybridized carbons (Fsp3) is 0.222. The first-order valence-corrected chi connectivity index (χ1v) is 12.3. The number of benzene rings is 2. The highest BCUT2D eigenvalue weighted by atomic mass is 32.2. The molecule has 0 atom stereocenters. The van der Waals surface area contributed by atoms with Gasteiger partial charge in [-0.2, -0.15) is 0 Å². The minimum Gasteiger partial charge on any atom is -0.398 e. The lowest BCUT2D eigenvalue weighted by atomic mass is 10.1. The van der Waals surface area contributed by atoms with Gasteiger partial charge in [-0.15, -0.1) is 0 Å². The average Bonchev–Trinajstić information content (AvgIpc) is 3.26. The Hall–Kier alpha value is -3.12. The molecule has 0 amide bonds. The zero-order chi connectivity index (χ0) is 22.3. The number of rotatable bonds is 3. The number of hydrogen-bond donors (Lipinski definition) is 1. The molecule has 2 aliphatic heterocycles. The number of nitrogens with two attached hydrogens (primary N) is 1. The van der Waals surface area contributed by atoms with Crippen LogP contribution in [-0.2, 0) is 32.8 Å². The molecule has 0 spiro atoms. The normalized spacial score (nSPS) is 14.1. The van der Waals surface area contributed by atoms with Gasteiger partial charge in [-0.1, -0.05) is 0 Å². The van der Waals surface area contributed by atoms with Crippen LogP contribution in [0.3, 0.4) is 0 Å². The van der Waals surface area contributed by atoms with Crippen LogP contribution in [0, 0.1) is 10.1 Å². The van der Waals surface area contributed by atoms with Gasteiger partial charge in [-0.3, -0.25) is 20.1 Å². The van der Waals surface area contributed by atoms with Crippen LogP contribution >= 0.6 is 0 Å². The summed E-state index contributed by atoms with van der Waals surface area (Å²) in [5.74, 6) is 0. The van der Waals surface area contributed by atoms with Crippen molar-refractivity contribution in [1.29, 1.82) is 0 Å². The fourth-order valence-corrected chi connectivity index (χ4v) is 4.76. The maximum Gasteiger partial charge on any atom is 0.288 e. The molecule has 0 saturated carbocycles. The number of aliphatic imine (C=N–C) groups is 2. The number of nitro groups is 1. The number of nitro benzene ring substituents is 1. The van der Waals surface area contributed by atoms with Crippen molar-refractivity contribution in [2.45, 2.75) is 22.9 Å². The first kappa shape index (κ1) is 21.6. The third kappa shape index (κ3) is 4.39. The predicted octanol–water partition coefficient (Wildman–Crippen LogP) is 1.54. The van der Waals surface area contributed by atoms with Gasteiger partial charge in [-0.25, -0.2) is 16.8 Å². The summed E-state index contributed by atoms with van der Waals surface area (Å²) >= 11 is 0. The summed E-state index contributed by atoms with van der Waals surface area (Å²) in [5, 5.41) is 10.8. The fourth-order valence-electron chi connectivity index (χ4n) is 3.04. The molecule has 158 valence electrons. The molecule has 4 rings (SSSR count). The summed E-state index contributed by atoms with van der Waals surface area (Å²) < 4.78 is 45.5. The lowest BCUT2D eigenvalue weighted by Crippen LogP contribution is -2.04. The van der Waals surface area contributed by atoms with Crippen LogP contribution in [0.1, 0.15) is 22.3 Å². The Morgan fingerprint density at radius 3 is 1.80 bits per heavy atom. The third-order valence-corrected chi connectivity index (χ3v) is 6.75. The largest absolute Gasteiger partial charge is 0.398 e. The predicted molar refractivity (Wildman–Crippen MR) is 113 cm³/mol. The Balaban J connectivity index is 0.000000172. The van der Waals surface area contributed by atoms with Gasteiger partial charge in [0.05, 0.1) is 28.6 Å². The van der Waals surface area contributed by atoms with E-state index in [-0.39, 0.29) is 9.79 Å². The topological polar surface area (TPSA) is 162 Å². The molecule has 2 heterocycles. The van der Waals surface area contributed by atoms with Crippen molar-refractivity contribution in [1.82, 2.24) is 0 Å². The van der Waals surface area contributed by atoms with E-state index in [1.54, 1.807) is 18.3 Å². The maximum atomic E-state index is 11.4. The number of sulfone groups is 2. The summed E-state index contributed by atoms with van der Waals surface area (Å²) in [5.41, 5.74) is 8.67. The second-order valence-electron chi connectivity index (χ2n) is 6.85. The molecule has 2 aromatic carbocycles. The van der Waals surface area contributed by atoms with E-state index >= 15 is 0 Å². The molecule has 30 heavy (non-hydrogen) atoms. The smallest absolute Gasteiger partial charge is 0.288 e. The van der Waals surface area contributed by atoms with E-state index in [0.29, 0.717) is 29.9 Å². The van der Waals surface area contributed by atoms with Crippen molar-refractivity contribution in [3.63, 3.8) is 0 Å². The van der Waals surface area contributed by atoms with Gasteiger partial charge in [0, 0.05) is 36.6 Å². The first-order valence-electron chi connectivity index (χ1n) is 8.51. The third-order valence-electron chi connectivity index (χ3n) is 4.47. The van der Waals surface area contributed by atoms with Gasteiger partial charge in [0.1, 0.15) is 4.90 Å². The molecule has 0 fully saturated rings. The van der Waals surface area contributed by atoms with E-state index in [1.807, 2.05) is 0 Å². The maximum absolute atomic E-state index is 11.4. The molecule has 0 saturated heterocycles. The quantitative estimate of drug-likeness (QED) is 0.421. The zero-order valence-corrected chi connectivity index (χ0v) is 17.7. The SMILES string of the molecule is CS(=O)(=O)c1cc2c(cc1N)C=NC2.CS(=O)(=O)c1cc2c(cc1[N+](=O)[O-])C=NC2. The van der Waals surface area contributed by atoms with Crippen LogP contribution < -0.4 is 5.73 Å². The molecule has 0 aliphatic carbocycles. The monoisotopic (exact) mass is 450 g/mol. The van der Waals surface area contributed by atoms with E-state index in [1.165, 1.54) is 18.3 Å². The second kappa shape index (κ2) is 7.61. The minimum atomic E-state index is -3.60. The number of nitrogen functional groups attached to an aromatic ring is 1. The second-order valence-corrected chi connectivity index (χ2v) is 10.8. The molecule has 0 unspecified atom stereocenters. The molecule has 0 aromatic heterocycles. The number of nitrogens with zero attached hydrogens (tertiary/aromatic N) is 3. The van der Waals surface area contributed by atoms with Crippen LogP contribution in [0.25, 0.3) is 0 Å². The first-order chi connectivity index (χ1) is 13.9. The zero-order valence-electron chi connectivity index (χ0n) is 16.1. The van der Waals surface area contributed by atoms with Crippen molar-refractivity contribution in [3.05, 3.63) is 56.6 Å². The van der Waals surface area contributed by atoms with Crippen LogP contribution in [-0.4, -0.2) is 46.7 Å². The Morgan fingerprint density at radius 2 is 1.33 bits per heavy atom. The van der Waals surface area contributed by atoms with Crippen LogP contribution in [0.4, 0.5) is 11.4 Å². The highest BCUT2D eigenvalue weighted by molar-refractivity contribution is 7.91. The van der Waals surface area contributed by atoms with E-state index in [0.717, 1.165) is 23.6 Å². The van der Waals surface area contributed by atoms with Crippen LogP contribution in [0.5, 0.6) is 0 Å². The molecule has 10 nitrogen and oxygen atoms in total. The summed E-state index contributed by atoms with van der Waals surface area (Å²) in [7, 11) is -6.83. The molecular weight excluding hydrogens is 432 g/mol. The van der Waals surface area contributed by atoms with Crippen LogP contribution in [0.15, 0.2) is 44.0 Å². The lowest BCUT2D eigenvalue weighted by molar-refractivity contribution is -0.387. The van der Waals surface area contributed by atoms with Gasteiger partial charge in [0.2, 0.25) is 0 Å². The molecular formula is C18H18N4O6S2. The standard InChI is InChI=1S/C9H8N2O4S.C9H10N2O2S/c1-16(14,15)9-3-7-5-10-4-6(7)2-8(9)11(12)13;1-14(12,13)9-3-7-5-11-4-6(7)2-8(9)10/h2-4H,5H2,1H3;2-4H,5,10H2,1H3. The molecule has 0 bridgehead atoms. The molecule has 2 aliphatic rings. The van der Waals surface area contributed by atoms with Gasteiger partial charge < -0.3 is 5.73 Å². The van der Waals surface area contributed by atoms with Crippen molar-refractivity contribution in [3.8, 4) is 0 Å². The van der Waals surface area contributed by atoms with E-state index in [4.69, 9.17) is 5.73 Å². The summed E-state index contributed by atoms with van der Waals surface area (Å²) in [4.78, 5) is 18.0. The Kier molecular flexibility index (Phi) is 5.48. The molecule has 2 aromatic rings. The Bertz CT molecular complexity index is 1330. The van der Waals surface area contributed by atoms with Gasteiger partial charge >= 0.3 is 0 Å². The summed E-state index contributed by atoms with van der Waals surface area (Å²) in [6.07, 6.45) is 5.32.